The summed E-state index contributed by atoms with van der Waals surface area (Å²) in [5.41, 5.74) is 8.80. The van der Waals surface area contributed by atoms with Crippen molar-refractivity contribution in [1.29, 1.82) is 0 Å². The molecule has 48 heavy (non-hydrogen) atoms. The zero-order valence-electron chi connectivity index (χ0n) is 28.8. The van der Waals surface area contributed by atoms with Crippen LogP contribution in [-0.4, -0.2) is 77.2 Å². The molecule has 2 aromatic rings. The summed E-state index contributed by atoms with van der Waals surface area (Å²) < 4.78 is 12.9. The van der Waals surface area contributed by atoms with E-state index in [0.717, 1.165) is 41.5 Å². The number of ether oxygens (including phenoxy) is 2. The molecule has 1 aromatic carbocycles. The zero-order valence-corrected chi connectivity index (χ0v) is 28.8. The molecule has 1 saturated heterocycles. The Bertz CT molecular complexity index is 1540. The van der Waals surface area contributed by atoms with Gasteiger partial charge in [0, 0.05) is 19.3 Å². The lowest BCUT2D eigenvalue weighted by Crippen LogP contribution is -2.56. The van der Waals surface area contributed by atoms with Crippen LogP contribution >= 0.6 is 0 Å². The van der Waals surface area contributed by atoms with Gasteiger partial charge in [0.15, 0.2) is 5.82 Å². The van der Waals surface area contributed by atoms with Gasteiger partial charge < -0.3 is 35.3 Å². The van der Waals surface area contributed by atoms with Crippen LogP contribution in [0.15, 0.2) is 84.4 Å². The SMILES string of the molecule is C=C(C)C1=CCC=C(CCOCC(NC(=O)C(C)(C)N)C(=O)Nc2cn(C(C(=O)N3CCC(C)CC3)c3ccc(OC)cc3)cn2)C=C1. The van der Waals surface area contributed by atoms with Crippen molar-refractivity contribution in [2.45, 2.75) is 71.0 Å². The Labute approximate surface area is 283 Å². The fourth-order valence-corrected chi connectivity index (χ4v) is 5.48. The average Bonchev–Trinajstić information content (AvgIpc) is 3.36. The van der Waals surface area contributed by atoms with Crippen LogP contribution in [0.5, 0.6) is 5.75 Å². The van der Waals surface area contributed by atoms with Crippen molar-refractivity contribution in [3.8, 4) is 5.75 Å². The van der Waals surface area contributed by atoms with E-state index >= 15 is 0 Å². The lowest BCUT2D eigenvalue weighted by molar-refractivity contribution is -0.135. The molecule has 1 aliphatic carbocycles. The zero-order chi connectivity index (χ0) is 34.8. The number of nitrogens with two attached hydrogens (primary N) is 1. The lowest BCUT2D eigenvalue weighted by atomic mass is 9.97. The molecule has 1 aliphatic heterocycles. The highest BCUT2D eigenvalue weighted by Gasteiger charge is 2.31. The van der Waals surface area contributed by atoms with Crippen LogP contribution in [0.4, 0.5) is 5.82 Å². The first-order valence-electron chi connectivity index (χ1n) is 16.5. The molecule has 258 valence electrons. The number of anilines is 1. The standard InChI is InChI=1S/C37H50N6O5/c1-25(2)28-9-7-8-27(10-11-28)18-21-48-23-31(40-36(46)37(4,5)38)34(44)41-32-22-43(24-39-32)33(29-12-14-30(47-6)15-13-29)35(45)42-19-16-26(3)17-20-42/h8-15,22,24,26,31,33H,1,7,16-21,23,38H2,2-6H3,(H,40,46)(H,41,44). The summed E-state index contributed by atoms with van der Waals surface area (Å²) in [5.74, 6) is 0.437. The van der Waals surface area contributed by atoms with Crippen LogP contribution in [0.2, 0.25) is 0 Å². The summed E-state index contributed by atoms with van der Waals surface area (Å²) in [6.45, 7) is 13.0. The molecule has 4 rings (SSSR count). The van der Waals surface area contributed by atoms with Crippen molar-refractivity contribution in [1.82, 2.24) is 19.8 Å². The Kier molecular flexibility index (Phi) is 12.5. The maximum Gasteiger partial charge on any atom is 0.250 e. The van der Waals surface area contributed by atoms with Gasteiger partial charge in [-0.05, 0) is 81.2 Å². The number of nitrogens with zero attached hydrogens (tertiary/aromatic N) is 3. The molecular formula is C37H50N6O5. The van der Waals surface area contributed by atoms with Crippen molar-refractivity contribution >= 4 is 23.5 Å². The summed E-state index contributed by atoms with van der Waals surface area (Å²) in [7, 11) is 1.59. The van der Waals surface area contributed by atoms with Crippen molar-refractivity contribution in [3.05, 3.63) is 90.0 Å². The monoisotopic (exact) mass is 658 g/mol. The van der Waals surface area contributed by atoms with Crippen molar-refractivity contribution in [3.63, 3.8) is 0 Å². The van der Waals surface area contributed by atoms with Crippen molar-refractivity contribution in [2.75, 3.05) is 38.7 Å². The van der Waals surface area contributed by atoms with Gasteiger partial charge in [-0.25, -0.2) is 4.98 Å². The van der Waals surface area contributed by atoms with Crippen LogP contribution < -0.4 is 21.1 Å². The van der Waals surface area contributed by atoms with Gasteiger partial charge in [-0.1, -0.05) is 55.5 Å². The molecule has 11 heteroatoms. The lowest BCUT2D eigenvalue weighted by Gasteiger charge is -2.33. The number of piperidine rings is 1. The number of nitrogens with one attached hydrogen (secondary N) is 2. The van der Waals surface area contributed by atoms with Gasteiger partial charge in [0.25, 0.3) is 5.91 Å². The molecule has 4 N–H and O–H groups in total. The number of aromatic nitrogens is 2. The largest absolute Gasteiger partial charge is 0.497 e. The minimum absolute atomic E-state index is 0.0451. The summed E-state index contributed by atoms with van der Waals surface area (Å²) in [5, 5.41) is 5.51. The molecule has 3 amide bonds. The van der Waals surface area contributed by atoms with Gasteiger partial charge in [-0.3, -0.25) is 14.4 Å². The van der Waals surface area contributed by atoms with E-state index in [2.05, 4.69) is 41.3 Å². The molecule has 0 spiro atoms. The van der Waals surface area contributed by atoms with Crippen LogP contribution in [-0.2, 0) is 19.1 Å². The Hall–Kier alpha value is -4.48. The second-order valence-electron chi connectivity index (χ2n) is 13.2. The topological polar surface area (TPSA) is 141 Å². The Morgan fingerprint density at radius 2 is 1.83 bits per heavy atom. The molecule has 2 aliphatic rings. The molecular weight excluding hydrogens is 608 g/mol. The molecule has 0 saturated carbocycles. The van der Waals surface area contributed by atoms with Crippen molar-refractivity contribution < 1.29 is 23.9 Å². The normalized spacial score (nSPS) is 16.7. The first-order valence-corrected chi connectivity index (χ1v) is 16.5. The van der Waals surface area contributed by atoms with E-state index in [1.807, 2.05) is 48.2 Å². The highest BCUT2D eigenvalue weighted by Crippen LogP contribution is 2.27. The first-order chi connectivity index (χ1) is 22.8. The Balaban J connectivity index is 1.46. The second-order valence-corrected chi connectivity index (χ2v) is 13.2. The third-order valence-corrected chi connectivity index (χ3v) is 8.63. The van der Waals surface area contributed by atoms with Gasteiger partial charge in [0.1, 0.15) is 17.8 Å². The third-order valence-electron chi connectivity index (χ3n) is 8.63. The Morgan fingerprint density at radius 3 is 2.48 bits per heavy atom. The molecule has 0 bridgehead atoms. The summed E-state index contributed by atoms with van der Waals surface area (Å²) in [4.78, 5) is 46.5. The fourth-order valence-electron chi connectivity index (χ4n) is 5.48. The minimum atomic E-state index is -1.21. The molecule has 2 unspecified atom stereocenters. The number of carbonyl (C=O) groups is 3. The number of amides is 3. The van der Waals surface area contributed by atoms with Gasteiger partial charge >= 0.3 is 0 Å². The van der Waals surface area contributed by atoms with E-state index in [9.17, 15) is 14.4 Å². The van der Waals surface area contributed by atoms with Gasteiger partial charge in [0.05, 0.1) is 32.2 Å². The average molecular weight is 659 g/mol. The maximum absolute atomic E-state index is 13.9. The van der Waals surface area contributed by atoms with Gasteiger partial charge in [-0.15, -0.1) is 0 Å². The maximum atomic E-state index is 13.9. The van der Waals surface area contributed by atoms with Crippen LogP contribution in [0.25, 0.3) is 0 Å². The number of rotatable bonds is 14. The molecule has 2 atom stereocenters. The fraction of sp³-hybridized carbons (Fsp3) is 0.459. The van der Waals surface area contributed by atoms with Crippen LogP contribution in [0.3, 0.4) is 0 Å². The molecule has 2 heterocycles. The van der Waals surface area contributed by atoms with E-state index < -0.39 is 29.4 Å². The van der Waals surface area contributed by atoms with E-state index in [1.165, 1.54) is 6.33 Å². The molecule has 0 radical (unpaired) electrons. The van der Waals surface area contributed by atoms with E-state index in [-0.39, 0.29) is 18.3 Å². The molecule has 1 fully saturated rings. The highest BCUT2D eigenvalue weighted by molar-refractivity contribution is 5.98. The quantitative estimate of drug-likeness (QED) is 0.250. The van der Waals surface area contributed by atoms with Crippen molar-refractivity contribution in [2.24, 2.45) is 11.7 Å². The van der Waals surface area contributed by atoms with Gasteiger partial charge in [-0.2, -0.15) is 0 Å². The Morgan fingerprint density at radius 1 is 1.12 bits per heavy atom. The number of hydrogen-bond acceptors (Lipinski definition) is 7. The number of hydrogen-bond donors (Lipinski definition) is 3. The number of imidazole rings is 1. The smallest absolute Gasteiger partial charge is 0.250 e. The number of methoxy groups -OCH3 is 1. The predicted molar refractivity (Wildman–Crippen MR) is 187 cm³/mol. The number of allylic oxidation sites excluding steroid dienone is 6. The molecule has 1 aromatic heterocycles. The molecule has 11 nitrogen and oxygen atoms in total. The minimum Gasteiger partial charge on any atom is -0.497 e. The van der Waals surface area contributed by atoms with E-state index in [4.69, 9.17) is 15.2 Å². The predicted octanol–water partition coefficient (Wildman–Crippen LogP) is 4.70. The summed E-state index contributed by atoms with van der Waals surface area (Å²) in [6.07, 6.45) is 14.8. The highest BCUT2D eigenvalue weighted by atomic mass is 16.5. The van der Waals surface area contributed by atoms with E-state index in [1.54, 1.807) is 31.7 Å². The number of likely N-dealkylation sites (tertiary alicyclic amines) is 1. The first kappa shape index (κ1) is 36.4. The van der Waals surface area contributed by atoms with E-state index in [0.29, 0.717) is 37.8 Å². The van der Waals surface area contributed by atoms with Crippen LogP contribution in [0.1, 0.15) is 65.0 Å². The van der Waals surface area contributed by atoms with Crippen LogP contribution in [0, 0.1) is 5.92 Å². The number of carbonyl (C=O) groups excluding carboxylic acids is 3. The van der Waals surface area contributed by atoms with Gasteiger partial charge in [0.2, 0.25) is 11.8 Å². The third kappa shape index (κ3) is 10.0. The summed E-state index contributed by atoms with van der Waals surface area (Å²) >= 11 is 0. The summed E-state index contributed by atoms with van der Waals surface area (Å²) in [6, 6.07) is 5.64. The second kappa shape index (κ2) is 16.6. The number of benzene rings is 1.